The van der Waals surface area contributed by atoms with Gasteiger partial charge in [0.05, 0.1) is 0 Å². The summed E-state index contributed by atoms with van der Waals surface area (Å²) in [5.41, 5.74) is -3.20. The summed E-state index contributed by atoms with van der Waals surface area (Å²) < 4.78 is 10.8. The Bertz CT molecular complexity index is 574. The van der Waals surface area contributed by atoms with E-state index in [0.29, 0.717) is 12.2 Å². The monoisotopic (exact) mass is 340 g/mol. The number of hydrogen-bond acceptors (Lipinski definition) is 6. The van der Waals surface area contributed by atoms with Crippen molar-refractivity contribution < 1.29 is 34.7 Å². The average Bonchev–Trinajstić information content (AvgIpc) is 2.55. The molecule has 2 rings (SSSR count). The second kappa shape index (κ2) is 6.68. The van der Waals surface area contributed by atoms with E-state index >= 15 is 0 Å². The van der Waals surface area contributed by atoms with Crippen LogP contribution < -0.4 is 4.74 Å². The van der Waals surface area contributed by atoms with Crippen molar-refractivity contribution in [3.05, 3.63) is 30.3 Å². The van der Waals surface area contributed by atoms with Crippen molar-refractivity contribution in [2.45, 2.75) is 57.4 Å². The van der Waals surface area contributed by atoms with Crippen LogP contribution in [0.4, 0.5) is 0 Å². The van der Waals surface area contributed by atoms with E-state index in [4.69, 9.17) is 9.47 Å². The summed E-state index contributed by atoms with van der Waals surface area (Å²) in [6.45, 7) is 4.98. The molecule has 7 heteroatoms. The van der Waals surface area contributed by atoms with Crippen molar-refractivity contribution in [3.63, 3.8) is 0 Å². The summed E-state index contributed by atoms with van der Waals surface area (Å²) in [5.74, 6) is -1.09. The quantitative estimate of drug-likeness (QED) is 0.625. The van der Waals surface area contributed by atoms with E-state index < -0.39 is 41.6 Å². The molecule has 1 aromatic carbocycles. The van der Waals surface area contributed by atoms with Gasteiger partial charge >= 0.3 is 5.97 Å². The largest absolute Gasteiger partial charge is 0.479 e. The first-order chi connectivity index (χ1) is 11.1. The Kier molecular flexibility index (Phi) is 5.19. The van der Waals surface area contributed by atoms with E-state index in [1.54, 1.807) is 51.1 Å². The smallest absolute Gasteiger partial charge is 0.336 e. The molecule has 7 nitrogen and oxygen atoms in total. The number of carboxylic acid groups (broad SMARTS) is 1. The fourth-order valence-electron chi connectivity index (χ4n) is 2.90. The molecule has 4 N–H and O–H groups in total. The van der Waals surface area contributed by atoms with Gasteiger partial charge in [-0.1, -0.05) is 39.0 Å². The molecule has 0 aromatic heterocycles. The van der Waals surface area contributed by atoms with Crippen LogP contribution in [0.3, 0.4) is 0 Å². The van der Waals surface area contributed by atoms with Gasteiger partial charge in [0.1, 0.15) is 23.6 Å². The van der Waals surface area contributed by atoms with Crippen LogP contribution in [0, 0.1) is 5.41 Å². The molecule has 0 saturated carbocycles. The molecule has 0 aliphatic carbocycles. The molecule has 1 aliphatic rings. The van der Waals surface area contributed by atoms with Gasteiger partial charge in [-0.2, -0.15) is 0 Å². The zero-order valence-corrected chi connectivity index (χ0v) is 13.9. The third-order valence-electron chi connectivity index (χ3n) is 4.91. The average molecular weight is 340 g/mol. The summed E-state index contributed by atoms with van der Waals surface area (Å²) >= 11 is 0. The Labute approximate surface area is 140 Å². The van der Waals surface area contributed by atoms with Crippen LogP contribution in [0.5, 0.6) is 5.75 Å². The standard InChI is InChI=1S/C17H24O7/c1-4-16(2,3)17(22)12(19)11(18)15(24-13(17)14(20)21)23-10-8-6-5-7-9-10/h5-9,11-13,15,18-19,22H,4H2,1-3H3,(H,20,21)/t11-,12-,13-,15?,17+/m1/s1. The highest BCUT2D eigenvalue weighted by atomic mass is 16.7. The van der Waals surface area contributed by atoms with Crippen molar-refractivity contribution in [2.24, 2.45) is 5.41 Å². The maximum absolute atomic E-state index is 11.6. The highest BCUT2D eigenvalue weighted by Crippen LogP contribution is 2.45. The minimum Gasteiger partial charge on any atom is -0.479 e. The van der Waals surface area contributed by atoms with Crippen LogP contribution in [0.1, 0.15) is 27.2 Å². The Morgan fingerprint density at radius 2 is 1.88 bits per heavy atom. The SMILES string of the molecule is CCC(C)(C)[C@@]1(O)[C@@H](C(=O)O)OC(Oc2ccccc2)[C@H](O)[C@H]1O. The van der Waals surface area contributed by atoms with E-state index in [2.05, 4.69) is 0 Å². The van der Waals surface area contributed by atoms with Crippen LogP contribution in [-0.4, -0.2) is 56.6 Å². The lowest BCUT2D eigenvalue weighted by Crippen LogP contribution is -2.73. The number of hydrogen-bond donors (Lipinski definition) is 4. The predicted octanol–water partition coefficient (Wildman–Crippen LogP) is 0.764. The molecular weight excluding hydrogens is 316 g/mol. The predicted molar refractivity (Wildman–Crippen MR) is 84.4 cm³/mol. The van der Waals surface area contributed by atoms with Gasteiger partial charge in [-0.25, -0.2) is 4.79 Å². The maximum atomic E-state index is 11.6. The van der Waals surface area contributed by atoms with Crippen LogP contribution in [0.15, 0.2) is 30.3 Å². The minimum atomic E-state index is -2.18. The van der Waals surface area contributed by atoms with E-state index in [1.807, 2.05) is 0 Å². The van der Waals surface area contributed by atoms with Gasteiger partial charge in [0.2, 0.25) is 6.29 Å². The molecule has 24 heavy (non-hydrogen) atoms. The van der Waals surface area contributed by atoms with Crippen molar-refractivity contribution in [1.82, 2.24) is 0 Å². The Morgan fingerprint density at radius 1 is 1.29 bits per heavy atom. The van der Waals surface area contributed by atoms with Crippen LogP contribution in [-0.2, 0) is 9.53 Å². The van der Waals surface area contributed by atoms with Gasteiger partial charge in [0, 0.05) is 0 Å². The number of carboxylic acids is 1. The van der Waals surface area contributed by atoms with E-state index in [1.165, 1.54) is 0 Å². The first-order valence-electron chi connectivity index (χ1n) is 7.83. The molecular formula is C17H24O7. The fourth-order valence-corrected chi connectivity index (χ4v) is 2.90. The molecule has 1 saturated heterocycles. The number of aliphatic hydroxyl groups is 3. The number of benzene rings is 1. The highest BCUT2D eigenvalue weighted by Gasteiger charge is 2.64. The number of aliphatic hydroxyl groups excluding tert-OH is 2. The highest BCUT2D eigenvalue weighted by molar-refractivity contribution is 5.74. The number of ether oxygens (including phenoxy) is 2. The Morgan fingerprint density at radius 3 is 2.38 bits per heavy atom. The third-order valence-corrected chi connectivity index (χ3v) is 4.91. The summed E-state index contributed by atoms with van der Waals surface area (Å²) in [5, 5.41) is 41.3. The van der Waals surface area contributed by atoms with Crippen molar-refractivity contribution >= 4 is 5.97 Å². The maximum Gasteiger partial charge on any atom is 0.336 e. The third kappa shape index (κ3) is 3.00. The molecule has 1 aromatic rings. The molecule has 0 radical (unpaired) electrons. The first-order valence-corrected chi connectivity index (χ1v) is 7.83. The molecule has 1 heterocycles. The number of rotatable bonds is 5. The molecule has 0 bridgehead atoms. The topological polar surface area (TPSA) is 116 Å². The number of carbonyl (C=O) groups is 1. The zero-order chi connectivity index (χ0) is 18.1. The Balaban J connectivity index is 2.35. The number of para-hydroxylation sites is 1. The summed E-state index contributed by atoms with van der Waals surface area (Å²) in [6.07, 6.45) is -6.17. The molecule has 134 valence electrons. The molecule has 1 unspecified atom stereocenters. The molecule has 0 spiro atoms. The Hall–Kier alpha value is -1.67. The second-order valence-electron chi connectivity index (χ2n) is 6.65. The molecule has 1 aliphatic heterocycles. The van der Waals surface area contributed by atoms with Crippen LogP contribution >= 0.6 is 0 Å². The van der Waals surface area contributed by atoms with Crippen molar-refractivity contribution in [3.8, 4) is 5.75 Å². The molecule has 1 fully saturated rings. The summed E-state index contributed by atoms with van der Waals surface area (Å²) in [7, 11) is 0. The molecule has 5 atom stereocenters. The van der Waals surface area contributed by atoms with Gasteiger partial charge in [0.25, 0.3) is 0 Å². The van der Waals surface area contributed by atoms with E-state index in [9.17, 15) is 25.2 Å². The van der Waals surface area contributed by atoms with Gasteiger partial charge < -0.3 is 29.9 Å². The number of aliphatic carboxylic acids is 1. The van der Waals surface area contributed by atoms with E-state index in [-0.39, 0.29) is 0 Å². The lowest BCUT2D eigenvalue weighted by atomic mass is 9.64. The van der Waals surface area contributed by atoms with Gasteiger partial charge in [-0.15, -0.1) is 0 Å². The van der Waals surface area contributed by atoms with Gasteiger partial charge in [0.15, 0.2) is 6.10 Å². The zero-order valence-electron chi connectivity index (χ0n) is 13.9. The van der Waals surface area contributed by atoms with Crippen molar-refractivity contribution in [1.29, 1.82) is 0 Å². The molecule has 0 amide bonds. The second-order valence-corrected chi connectivity index (χ2v) is 6.65. The van der Waals surface area contributed by atoms with Crippen molar-refractivity contribution in [2.75, 3.05) is 0 Å². The van der Waals surface area contributed by atoms with Gasteiger partial charge in [-0.3, -0.25) is 0 Å². The van der Waals surface area contributed by atoms with Crippen LogP contribution in [0.25, 0.3) is 0 Å². The van der Waals surface area contributed by atoms with Gasteiger partial charge in [-0.05, 0) is 24.0 Å². The normalized spacial score (nSPS) is 33.9. The lowest BCUT2D eigenvalue weighted by Gasteiger charge is -2.53. The minimum absolute atomic E-state index is 0.345. The first kappa shape index (κ1) is 18.7. The lowest BCUT2D eigenvalue weighted by molar-refractivity contribution is -0.328. The summed E-state index contributed by atoms with van der Waals surface area (Å²) in [6, 6.07) is 8.38. The van der Waals surface area contributed by atoms with Crippen LogP contribution in [0.2, 0.25) is 0 Å². The fraction of sp³-hybridized carbons (Fsp3) is 0.588. The van der Waals surface area contributed by atoms with E-state index in [0.717, 1.165) is 0 Å². The summed E-state index contributed by atoms with van der Waals surface area (Å²) in [4.78, 5) is 11.6.